The zero-order valence-corrected chi connectivity index (χ0v) is 24.2. The van der Waals surface area contributed by atoms with Crippen LogP contribution in [-0.2, 0) is 28.8 Å². The van der Waals surface area contributed by atoms with Crippen molar-refractivity contribution in [2.75, 3.05) is 0 Å². The van der Waals surface area contributed by atoms with E-state index in [9.17, 15) is 59.1 Å². The third-order valence-electron chi connectivity index (χ3n) is 3.96. The van der Waals surface area contributed by atoms with E-state index in [2.05, 4.69) is 0 Å². The van der Waals surface area contributed by atoms with Gasteiger partial charge >= 0.3 is 47.2 Å². The second kappa shape index (κ2) is 22.5. The molecule has 1 aromatic carbocycles. The molecular weight excluding hydrogens is 642 g/mol. The summed E-state index contributed by atoms with van der Waals surface area (Å²) in [4.78, 5) is 86.0. The molecule has 2 atom stereocenters. The molecule has 1 rings (SSSR count). The molecule has 0 fully saturated rings. The number of aliphatic hydroxyl groups is 2. The molecule has 0 aliphatic rings. The summed E-state index contributed by atoms with van der Waals surface area (Å²) in [6.07, 6.45) is -4.90. The fraction of sp³-hybridized carbons (Fsp3) is 0.455. The van der Waals surface area contributed by atoms with Crippen molar-refractivity contribution >= 4 is 52.9 Å². The topological polar surface area (TPSA) is 414 Å². The van der Waals surface area contributed by atoms with Crippen molar-refractivity contribution in [3.8, 4) is 5.75 Å². The Labute approximate surface area is 255 Å². The third kappa shape index (κ3) is 23.5. The van der Waals surface area contributed by atoms with Crippen molar-refractivity contribution < 1.29 is 89.5 Å². The van der Waals surface area contributed by atoms with Gasteiger partial charge in [0, 0.05) is 6.42 Å². The SMILES string of the molecule is CC(C)(C)C(=O)O.CCC(=O)O.O=C(O)C(O)C(O)C(=O)O.O=C(O)CCC(=O)O.O=[N+]([O-])c1cc([N+](=O)[O-])c(O)c([N+](=O)[O-])c1. The molecule has 0 saturated heterocycles. The molecular formula is C22H31N3O21. The number of phenolic OH excluding ortho intramolecular Hbond substituents is 1. The number of non-ortho nitro benzene ring substituents is 1. The number of aliphatic carboxylic acids is 6. The van der Waals surface area contributed by atoms with E-state index in [1.807, 2.05) is 0 Å². The van der Waals surface area contributed by atoms with E-state index in [-0.39, 0.29) is 19.3 Å². The van der Waals surface area contributed by atoms with Crippen LogP contribution in [-0.4, -0.2) is 109 Å². The lowest BCUT2D eigenvalue weighted by atomic mass is 9.98. The first-order chi connectivity index (χ1) is 20.6. The number of benzene rings is 1. The molecule has 0 spiro atoms. The van der Waals surface area contributed by atoms with Crippen molar-refractivity contribution in [2.45, 2.75) is 59.2 Å². The van der Waals surface area contributed by atoms with Crippen LogP contribution < -0.4 is 0 Å². The molecule has 0 radical (unpaired) electrons. The molecule has 0 bridgehead atoms. The van der Waals surface area contributed by atoms with Crippen molar-refractivity contribution in [3.63, 3.8) is 0 Å². The Bertz CT molecular complexity index is 1200. The molecule has 46 heavy (non-hydrogen) atoms. The number of aromatic hydroxyl groups is 1. The number of rotatable bonds is 10. The van der Waals surface area contributed by atoms with E-state index in [0.717, 1.165) is 0 Å². The first kappa shape index (κ1) is 46.9. The van der Waals surface area contributed by atoms with Gasteiger partial charge in [0.2, 0.25) is 0 Å². The summed E-state index contributed by atoms with van der Waals surface area (Å²) >= 11 is 0. The Hall–Kier alpha value is -6.04. The highest BCUT2D eigenvalue weighted by Crippen LogP contribution is 2.38. The van der Waals surface area contributed by atoms with Crippen LogP contribution in [0.5, 0.6) is 5.75 Å². The first-order valence-corrected chi connectivity index (χ1v) is 11.7. The molecule has 24 heteroatoms. The van der Waals surface area contributed by atoms with Crippen LogP contribution in [0.25, 0.3) is 0 Å². The van der Waals surface area contributed by atoms with E-state index >= 15 is 0 Å². The van der Waals surface area contributed by atoms with Crippen LogP contribution in [0.2, 0.25) is 0 Å². The van der Waals surface area contributed by atoms with Crippen LogP contribution in [0.1, 0.15) is 47.0 Å². The largest absolute Gasteiger partial charge is 0.497 e. The van der Waals surface area contributed by atoms with Crippen LogP contribution in [0.15, 0.2) is 12.1 Å². The number of carboxylic acid groups (broad SMARTS) is 6. The van der Waals surface area contributed by atoms with Crippen LogP contribution >= 0.6 is 0 Å². The van der Waals surface area contributed by atoms with Gasteiger partial charge in [-0.1, -0.05) is 6.92 Å². The average Bonchev–Trinajstić information content (AvgIpc) is 2.91. The zero-order chi connectivity index (χ0) is 37.7. The molecule has 24 nitrogen and oxygen atoms in total. The third-order valence-corrected chi connectivity index (χ3v) is 3.96. The molecule has 260 valence electrons. The lowest BCUT2D eigenvalue weighted by Crippen LogP contribution is -2.39. The Morgan fingerprint density at radius 1 is 0.674 bits per heavy atom. The fourth-order valence-corrected chi connectivity index (χ4v) is 1.46. The number of phenols is 1. The molecule has 0 heterocycles. The molecule has 2 unspecified atom stereocenters. The highest BCUT2D eigenvalue weighted by atomic mass is 16.6. The smallest absolute Gasteiger partial charge is 0.335 e. The maximum absolute atomic E-state index is 10.4. The minimum absolute atomic E-state index is 0.222. The second-order valence-electron chi connectivity index (χ2n) is 8.76. The molecule has 1 aromatic rings. The van der Waals surface area contributed by atoms with E-state index in [4.69, 9.17) is 46.0 Å². The van der Waals surface area contributed by atoms with E-state index < -0.39 is 91.0 Å². The van der Waals surface area contributed by atoms with Gasteiger partial charge in [-0.05, 0) is 20.8 Å². The first-order valence-electron chi connectivity index (χ1n) is 11.7. The Balaban J connectivity index is -0.000000256. The molecule has 0 saturated carbocycles. The highest BCUT2D eigenvalue weighted by Gasteiger charge is 2.30. The van der Waals surface area contributed by atoms with Gasteiger partial charge in [0.05, 0.1) is 45.2 Å². The Morgan fingerprint density at radius 2 is 0.935 bits per heavy atom. The molecule has 9 N–H and O–H groups in total. The minimum atomic E-state index is -2.27. The zero-order valence-electron chi connectivity index (χ0n) is 24.2. The van der Waals surface area contributed by atoms with Crippen molar-refractivity contribution in [2.24, 2.45) is 5.41 Å². The van der Waals surface area contributed by atoms with Gasteiger partial charge in [0.25, 0.3) is 11.4 Å². The summed E-state index contributed by atoms with van der Waals surface area (Å²) in [7, 11) is 0. The minimum Gasteiger partial charge on any atom is -0.497 e. The second-order valence-corrected chi connectivity index (χ2v) is 8.76. The lowest BCUT2D eigenvalue weighted by molar-refractivity contribution is -0.404. The molecule has 0 aliphatic heterocycles. The standard InChI is InChI=1S/C6H3N3O7.C5H10O2.C4H6O6.C4H6O4.C3H6O2/c10-6-4(8(13)14)1-3(7(11)12)2-5(6)9(15)16;1-5(2,3)4(6)7;5-1(3(7)8)2(6)4(9)10;5-3(6)1-2-4(7)8;1-2-3(4)5/h1-2,10H;1-3H3,(H,6,7);1-2,5-6H,(H,7,8)(H,9,10);1-2H2,(H,5,6)(H,7,8);2H2,1H3,(H,4,5). The molecule has 0 aromatic heterocycles. The van der Waals surface area contributed by atoms with Crippen molar-refractivity contribution in [3.05, 3.63) is 42.5 Å². The summed E-state index contributed by atoms with van der Waals surface area (Å²) < 4.78 is 0. The van der Waals surface area contributed by atoms with Gasteiger partial charge in [0.1, 0.15) is 0 Å². The number of carboxylic acids is 6. The maximum Gasteiger partial charge on any atom is 0.335 e. The molecule has 0 aliphatic carbocycles. The monoisotopic (exact) mass is 673 g/mol. The average molecular weight is 673 g/mol. The lowest BCUT2D eigenvalue weighted by Gasteiger charge is -2.08. The van der Waals surface area contributed by atoms with E-state index in [0.29, 0.717) is 12.1 Å². The van der Waals surface area contributed by atoms with Crippen molar-refractivity contribution in [1.82, 2.24) is 0 Å². The van der Waals surface area contributed by atoms with Gasteiger partial charge in [-0.2, -0.15) is 0 Å². The highest BCUT2D eigenvalue weighted by molar-refractivity contribution is 5.83. The summed E-state index contributed by atoms with van der Waals surface area (Å²) in [6.45, 7) is 6.59. The number of hydrogen-bond acceptors (Lipinski definition) is 15. The van der Waals surface area contributed by atoms with Crippen LogP contribution in [0, 0.1) is 35.8 Å². The quantitative estimate of drug-likeness (QED) is 0.121. The Kier molecular flexibility index (Phi) is 22.9. The predicted molar refractivity (Wildman–Crippen MR) is 145 cm³/mol. The van der Waals surface area contributed by atoms with Gasteiger partial charge in [-0.15, -0.1) is 0 Å². The van der Waals surface area contributed by atoms with Crippen LogP contribution in [0.3, 0.4) is 0 Å². The van der Waals surface area contributed by atoms with Crippen LogP contribution in [0.4, 0.5) is 17.1 Å². The predicted octanol–water partition coefficient (Wildman–Crippen LogP) is 0.528. The summed E-state index contributed by atoms with van der Waals surface area (Å²) in [5.74, 6) is -8.40. The number of carbonyl (C=O) groups is 6. The van der Waals surface area contributed by atoms with E-state index in [1.165, 1.54) is 0 Å². The van der Waals surface area contributed by atoms with Gasteiger partial charge in [0.15, 0.2) is 12.2 Å². The van der Waals surface area contributed by atoms with Gasteiger partial charge < -0.3 is 46.0 Å². The number of aliphatic hydroxyl groups excluding tert-OH is 2. The summed E-state index contributed by atoms with van der Waals surface area (Å²) in [5, 5.41) is 105. The Morgan fingerprint density at radius 3 is 1.07 bits per heavy atom. The summed E-state index contributed by atoms with van der Waals surface area (Å²) in [6, 6.07) is 0.894. The summed E-state index contributed by atoms with van der Waals surface area (Å²) in [5.41, 5.74) is -3.59. The number of hydrogen-bond donors (Lipinski definition) is 9. The van der Waals surface area contributed by atoms with Crippen molar-refractivity contribution in [1.29, 1.82) is 0 Å². The number of nitrogens with zero attached hydrogens (tertiary/aromatic N) is 3. The van der Waals surface area contributed by atoms with Gasteiger partial charge in [-0.25, -0.2) is 9.59 Å². The van der Waals surface area contributed by atoms with Gasteiger partial charge in [-0.3, -0.25) is 49.5 Å². The fourth-order valence-electron chi connectivity index (χ4n) is 1.46. The number of nitro groups is 3. The normalized spacial score (nSPS) is 10.8. The van der Waals surface area contributed by atoms with E-state index in [1.54, 1.807) is 27.7 Å². The number of nitro benzene ring substituents is 3. The maximum atomic E-state index is 10.4. The molecule has 0 amide bonds.